The van der Waals surface area contributed by atoms with Gasteiger partial charge in [-0.3, -0.25) is 0 Å². The van der Waals surface area contributed by atoms with Crippen LogP contribution in [0.2, 0.25) is 0 Å². The summed E-state index contributed by atoms with van der Waals surface area (Å²) in [5.74, 6) is -4.09. The van der Waals surface area contributed by atoms with E-state index in [0.717, 1.165) is 5.56 Å². The van der Waals surface area contributed by atoms with Crippen molar-refractivity contribution in [2.24, 2.45) is 0 Å². The topological polar surface area (TPSA) is 29.5 Å². The fourth-order valence-electron chi connectivity index (χ4n) is 3.64. The standard InChI is InChI=1S/C26H26F4O2/c1-3-5-21(31)20-13-12-18(23(27)25(20)29)11-8-16-6-9-17(10-7-16)19-14-15-22(32-4-2)26(30)24(19)28/h6-7,9-10,12-15,21,31H,3-5,8,11H2,1-2H3. The number of aliphatic hydroxyl groups is 1. The molecule has 0 fully saturated rings. The van der Waals surface area contributed by atoms with Gasteiger partial charge in [0.15, 0.2) is 23.2 Å². The van der Waals surface area contributed by atoms with Crippen molar-refractivity contribution < 1.29 is 27.4 Å². The third-order valence-corrected chi connectivity index (χ3v) is 5.41. The molecule has 0 aromatic heterocycles. The van der Waals surface area contributed by atoms with Crippen molar-refractivity contribution in [3.63, 3.8) is 0 Å². The van der Waals surface area contributed by atoms with Crippen molar-refractivity contribution in [3.8, 4) is 16.9 Å². The van der Waals surface area contributed by atoms with E-state index in [0.29, 0.717) is 24.8 Å². The van der Waals surface area contributed by atoms with Crippen molar-refractivity contribution >= 4 is 0 Å². The summed E-state index contributed by atoms with van der Waals surface area (Å²) in [6, 6.07) is 12.6. The third-order valence-electron chi connectivity index (χ3n) is 5.41. The molecule has 0 heterocycles. The maximum atomic E-state index is 14.4. The Morgan fingerprint density at radius 2 is 1.50 bits per heavy atom. The van der Waals surface area contributed by atoms with E-state index in [2.05, 4.69) is 0 Å². The van der Waals surface area contributed by atoms with Crippen LogP contribution in [0.25, 0.3) is 11.1 Å². The van der Waals surface area contributed by atoms with E-state index in [-0.39, 0.29) is 35.5 Å². The zero-order chi connectivity index (χ0) is 23.3. The second kappa shape index (κ2) is 10.6. The molecule has 32 heavy (non-hydrogen) atoms. The average molecular weight is 446 g/mol. The molecule has 0 aliphatic heterocycles. The third kappa shape index (κ3) is 5.13. The van der Waals surface area contributed by atoms with Crippen molar-refractivity contribution in [1.82, 2.24) is 0 Å². The number of halogens is 4. The fourth-order valence-corrected chi connectivity index (χ4v) is 3.64. The van der Waals surface area contributed by atoms with Gasteiger partial charge in [0.2, 0.25) is 5.82 Å². The summed E-state index contributed by atoms with van der Waals surface area (Å²) in [5.41, 5.74) is 1.66. The highest BCUT2D eigenvalue weighted by molar-refractivity contribution is 5.65. The molecule has 0 aliphatic rings. The Balaban J connectivity index is 1.72. The lowest BCUT2D eigenvalue weighted by molar-refractivity contribution is 0.160. The van der Waals surface area contributed by atoms with Gasteiger partial charge in [-0.2, -0.15) is 4.39 Å². The van der Waals surface area contributed by atoms with E-state index in [1.54, 1.807) is 31.2 Å². The first-order valence-corrected chi connectivity index (χ1v) is 10.7. The molecule has 0 saturated heterocycles. The van der Waals surface area contributed by atoms with Gasteiger partial charge in [0.1, 0.15) is 0 Å². The van der Waals surface area contributed by atoms with Gasteiger partial charge in [-0.1, -0.05) is 49.7 Å². The lowest BCUT2D eigenvalue weighted by Crippen LogP contribution is -2.06. The van der Waals surface area contributed by atoms with Crippen LogP contribution in [-0.2, 0) is 12.8 Å². The normalized spacial score (nSPS) is 12.1. The molecule has 0 amide bonds. The first kappa shape index (κ1) is 23.8. The molecule has 0 saturated carbocycles. The summed E-state index contributed by atoms with van der Waals surface area (Å²) in [4.78, 5) is 0. The lowest BCUT2D eigenvalue weighted by Gasteiger charge is -2.13. The van der Waals surface area contributed by atoms with Gasteiger partial charge in [-0.25, -0.2) is 13.2 Å². The monoisotopic (exact) mass is 446 g/mol. The molecule has 2 nitrogen and oxygen atoms in total. The number of aryl methyl sites for hydroxylation is 2. The van der Waals surface area contributed by atoms with Crippen LogP contribution in [0.5, 0.6) is 5.75 Å². The Bertz CT molecular complexity index is 1060. The number of hydrogen-bond donors (Lipinski definition) is 1. The van der Waals surface area contributed by atoms with Gasteiger partial charge < -0.3 is 9.84 Å². The predicted octanol–water partition coefficient (Wildman–Crippen LogP) is 6.93. The Morgan fingerprint density at radius 3 is 2.16 bits per heavy atom. The smallest absolute Gasteiger partial charge is 0.201 e. The zero-order valence-corrected chi connectivity index (χ0v) is 18.1. The number of hydrogen-bond acceptors (Lipinski definition) is 2. The molecule has 6 heteroatoms. The number of rotatable bonds is 9. The van der Waals surface area contributed by atoms with Crippen LogP contribution in [0.3, 0.4) is 0 Å². The van der Waals surface area contributed by atoms with Gasteiger partial charge >= 0.3 is 0 Å². The van der Waals surface area contributed by atoms with E-state index in [1.165, 1.54) is 24.3 Å². The highest BCUT2D eigenvalue weighted by Gasteiger charge is 2.19. The van der Waals surface area contributed by atoms with Crippen LogP contribution < -0.4 is 4.74 Å². The highest BCUT2D eigenvalue weighted by Crippen LogP contribution is 2.30. The van der Waals surface area contributed by atoms with Crippen LogP contribution in [0.1, 0.15) is 49.5 Å². The molecule has 3 rings (SSSR count). The lowest BCUT2D eigenvalue weighted by atomic mass is 9.97. The fraction of sp³-hybridized carbons (Fsp3) is 0.308. The minimum atomic E-state index is -1.03. The predicted molar refractivity (Wildman–Crippen MR) is 117 cm³/mol. The minimum Gasteiger partial charge on any atom is -0.491 e. The Hall–Kier alpha value is -2.86. The highest BCUT2D eigenvalue weighted by atomic mass is 19.2. The molecule has 170 valence electrons. The molecule has 1 atom stereocenters. The van der Waals surface area contributed by atoms with E-state index < -0.39 is 29.4 Å². The van der Waals surface area contributed by atoms with Gasteiger partial charge in [0.25, 0.3) is 0 Å². The summed E-state index contributed by atoms with van der Waals surface area (Å²) in [6.07, 6.45) is 0.698. The zero-order valence-electron chi connectivity index (χ0n) is 18.1. The summed E-state index contributed by atoms with van der Waals surface area (Å²) in [7, 11) is 0. The first-order valence-electron chi connectivity index (χ1n) is 10.7. The summed E-state index contributed by atoms with van der Waals surface area (Å²) < 4.78 is 62.4. The summed E-state index contributed by atoms with van der Waals surface area (Å²) in [5, 5.41) is 9.96. The van der Waals surface area contributed by atoms with Crippen LogP contribution in [-0.4, -0.2) is 11.7 Å². The van der Waals surface area contributed by atoms with Gasteiger partial charge in [-0.15, -0.1) is 0 Å². The molecule has 3 aromatic carbocycles. The van der Waals surface area contributed by atoms with Crippen LogP contribution in [0, 0.1) is 23.3 Å². The molecule has 1 N–H and O–H groups in total. The molecular weight excluding hydrogens is 420 g/mol. The number of aliphatic hydroxyl groups excluding tert-OH is 1. The van der Waals surface area contributed by atoms with E-state index >= 15 is 0 Å². The minimum absolute atomic E-state index is 0.0259. The van der Waals surface area contributed by atoms with Crippen LogP contribution >= 0.6 is 0 Å². The van der Waals surface area contributed by atoms with Crippen LogP contribution in [0.4, 0.5) is 17.6 Å². The largest absolute Gasteiger partial charge is 0.491 e. The second-order valence-corrected chi connectivity index (χ2v) is 7.62. The van der Waals surface area contributed by atoms with E-state index in [4.69, 9.17) is 4.74 Å². The average Bonchev–Trinajstić information content (AvgIpc) is 2.79. The first-order chi connectivity index (χ1) is 15.4. The number of benzene rings is 3. The Kier molecular flexibility index (Phi) is 7.91. The quantitative estimate of drug-likeness (QED) is 0.361. The maximum absolute atomic E-state index is 14.4. The summed E-state index contributed by atoms with van der Waals surface area (Å²) in [6.45, 7) is 3.78. The van der Waals surface area contributed by atoms with E-state index in [1.807, 2.05) is 6.92 Å². The van der Waals surface area contributed by atoms with Gasteiger partial charge in [0, 0.05) is 11.1 Å². The molecule has 0 bridgehead atoms. The van der Waals surface area contributed by atoms with Gasteiger partial charge in [0.05, 0.1) is 12.7 Å². The van der Waals surface area contributed by atoms with Crippen molar-refractivity contribution in [2.45, 2.75) is 45.6 Å². The van der Waals surface area contributed by atoms with Crippen molar-refractivity contribution in [3.05, 3.63) is 88.5 Å². The maximum Gasteiger partial charge on any atom is 0.201 e. The van der Waals surface area contributed by atoms with Crippen LogP contribution in [0.15, 0.2) is 48.5 Å². The Morgan fingerprint density at radius 1 is 0.781 bits per heavy atom. The molecule has 3 aromatic rings. The summed E-state index contributed by atoms with van der Waals surface area (Å²) >= 11 is 0. The number of ether oxygens (including phenoxy) is 1. The molecule has 0 aliphatic carbocycles. The molecule has 0 spiro atoms. The second-order valence-electron chi connectivity index (χ2n) is 7.62. The van der Waals surface area contributed by atoms with E-state index in [9.17, 15) is 22.7 Å². The molecule has 0 radical (unpaired) electrons. The van der Waals surface area contributed by atoms with Crippen molar-refractivity contribution in [1.29, 1.82) is 0 Å². The van der Waals surface area contributed by atoms with Gasteiger partial charge in [-0.05, 0) is 55.0 Å². The molecular formula is C26H26F4O2. The Labute approximate surface area is 185 Å². The SMILES string of the molecule is CCCC(O)c1ccc(CCc2ccc(-c3ccc(OCC)c(F)c3F)cc2)c(F)c1F. The van der Waals surface area contributed by atoms with Crippen molar-refractivity contribution in [2.75, 3.05) is 6.61 Å². The molecule has 1 unspecified atom stereocenters.